The van der Waals surface area contributed by atoms with Gasteiger partial charge in [0.25, 0.3) is 0 Å². The molecule has 6 nitrogen and oxygen atoms in total. The smallest absolute Gasteiger partial charge is 0.185 e. The van der Waals surface area contributed by atoms with Crippen LogP contribution in [0.1, 0.15) is 48.1 Å². The lowest BCUT2D eigenvalue weighted by molar-refractivity contribution is 0.0665. The molecule has 4 aromatic carbocycles. The van der Waals surface area contributed by atoms with Crippen LogP contribution in [-0.4, -0.2) is 43.7 Å². The predicted octanol–water partition coefficient (Wildman–Crippen LogP) is 6.78. The number of hydrogen-bond donors (Lipinski definition) is 0. The minimum Gasteiger partial charge on any atom is -0.493 e. The lowest BCUT2D eigenvalue weighted by Gasteiger charge is -2.37. The Labute approximate surface area is 251 Å². The summed E-state index contributed by atoms with van der Waals surface area (Å²) in [7, 11) is 3.09. The summed E-state index contributed by atoms with van der Waals surface area (Å²) in [5.41, 5.74) is 2.03. The first-order valence-corrected chi connectivity index (χ1v) is 14.5. The molecule has 2 heterocycles. The van der Waals surface area contributed by atoms with Crippen LogP contribution >= 0.6 is 15.9 Å². The number of methoxy groups -OCH3 is 2. The minimum absolute atomic E-state index is 0.169. The molecule has 1 saturated heterocycles. The molecule has 208 valence electrons. The number of carbonyl (C=O) groups is 3. The maximum atomic E-state index is 14.8. The summed E-state index contributed by atoms with van der Waals surface area (Å²) >= 11 is 3.57. The first kappa shape index (κ1) is 26.4. The van der Waals surface area contributed by atoms with Crippen molar-refractivity contribution in [3.63, 3.8) is 0 Å². The van der Waals surface area contributed by atoms with Crippen molar-refractivity contribution in [2.45, 2.75) is 18.0 Å². The molecule has 7 rings (SSSR count). The van der Waals surface area contributed by atoms with Crippen molar-refractivity contribution >= 4 is 45.0 Å². The fourth-order valence-corrected chi connectivity index (χ4v) is 7.52. The summed E-state index contributed by atoms with van der Waals surface area (Å²) in [6.45, 7) is 0. The first-order chi connectivity index (χ1) is 20.4. The molecule has 1 spiro atoms. The number of hydrogen-bond acceptors (Lipinski definition) is 6. The van der Waals surface area contributed by atoms with E-state index in [1.807, 2.05) is 59.5 Å². The minimum atomic E-state index is -1.58. The normalized spacial score (nSPS) is 21.2. The molecule has 3 aliphatic rings. The fourth-order valence-electron chi connectivity index (χ4n) is 7.14. The molecule has 3 atom stereocenters. The van der Waals surface area contributed by atoms with E-state index >= 15 is 0 Å². The van der Waals surface area contributed by atoms with Gasteiger partial charge in [-0.25, -0.2) is 0 Å². The largest absolute Gasteiger partial charge is 0.493 e. The maximum absolute atomic E-state index is 14.8. The number of benzene rings is 4. The van der Waals surface area contributed by atoms with Gasteiger partial charge < -0.3 is 14.4 Å². The molecule has 1 unspecified atom stereocenters. The fraction of sp³-hybridized carbons (Fsp3) is 0.171. The lowest BCUT2D eigenvalue weighted by atomic mass is 9.64. The highest BCUT2D eigenvalue weighted by molar-refractivity contribution is 9.10. The number of rotatable bonds is 5. The first-order valence-electron chi connectivity index (χ1n) is 13.7. The van der Waals surface area contributed by atoms with Crippen molar-refractivity contribution < 1.29 is 23.9 Å². The highest BCUT2D eigenvalue weighted by Crippen LogP contribution is 2.61. The van der Waals surface area contributed by atoms with Crippen LogP contribution in [0.2, 0.25) is 0 Å². The van der Waals surface area contributed by atoms with Gasteiger partial charge in [-0.1, -0.05) is 88.7 Å². The number of halogens is 1. The topological polar surface area (TPSA) is 72.9 Å². The average Bonchev–Trinajstić information content (AvgIpc) is 3.46. The third kappa shape index (κ3) is 3.53. The van der Waals surface area contributed by atoms with E-state index in [9.17, 15) is 14.4 Å². The second-order valence-corrected chi connectivity index (χ2v) is 11.7. The number of fused-ring (bicyclic) bond motifs is 5. The molecule has 1 aliphatic carbocycles. The zero-order valence-corrected chi connectivity index (χ0v) is 24.5. The Bertz CT molecular complexity index is 1780. The summed E-state index contributed by atoms with van der Waals surface area (Å²) in [5, 5.41) is 0. The Kier molecular flexibility index (Phi) is 6.17. The summed E-state index contributed by atoms with van der Waals surface area (Å²) in [4.78, 5) is 46.2. The monoisotopic (exact) mass is 619 g/mol. The van der Waals surface area contributed by atoms with Crippen LogP contribution in [0.25, 0.3) is 6.08 Å². The number of nitrogens with zero attached hydrogens (tertiary/aromatic N) is 1. The molecule has 0 amide bonds. The number of Topliss-reactive ketones (excluding diaryl/α,β-unsaturated/α-hetero) is 3. The van der Waals surface area contributed by atoms with Gasteiger partial charge in [0.2, 0.25) is 0 Å². The Hall–Kier alpha value is -4.49. The van der Waals surface area contributed by atoms with Gasteiger partial charge in [0.05, 0.1) is 20.3 Å². The van der Waals surface area contributed by atoms with E-state index < -0.39 is 23.4 Å². The second-order valence-electron chi connectivity index (χ2n) is 10.8. The Morgan fingerprint density at radius 1 is 0.810 bits per heavy atom. The standard InChI is InChI=1S/C35H26BrNO5/c1-41-27-16-12-22(19-28(27)42-2)30-31(32(38)20-8-4-3-5-9-20)37-26-15-14-23(36)18-21(26)13-17-29(37)35(30)33(39)24-10-6-7-11-25(24)34(35)40/h3-19,29-31H,1-2H3/t29?,30-,31+/m1/s1. The molecule has 42 heavy (non-hydrogen) atoms. The van der Waals surface area contributed by atoms with Crippen LogP contribution in [0, 0.1) is 5.41 Å². The summed E-state index contributed by atoms with van der Waals surface area (Å²) in [6.07, 6.45) is 3.87. The van der Waals surface area contributed by atoms with E-state index in [0.717, 1.165) is 15.7 Å². The molecule has 7 heteroatoms. The SMILES string of the molecule is COc1ccc([C@@H]2[C@@H](C(=O)c3ccccc3)N3c4ccc(Br)cc4C=CC3C23C(=O)c2ccccc2C3=O)cc1OC. The van der Waals surface area contributed by atoms with Gasteiger partial charge in [-0.15, -0.1) is 0 Å². The molecule has 1 fully saturated rings. The molecular weight excluding hydrogens is 594 g/mol. The maximum Gasteiger partial charge on any atom is 0.185 e. The Morgan fingerprint density at radius 3 is 2.14 bits per heavy atom. The van der Waals surface area contributed by atoms with Crippen LogP contribution in [0.15, 0.2) is 102 Å². The van der Waals surface area contributed by atoms with Crippen molar-refractivity contribution in [3.8, 4) is 11.5 Å². The van der Waals surface area contributed by atoms with Crippen LogP contribution in [0.5, 0.6) is 11.5 Å². The second kappa shape index (κ2) is 9.81. The molecular formula is C35H26BrNO5. The van der Waals surface area contributed by atoms with E-state index in [2.05, 4.69) is 15.9 Å². The molecule has 0 aromatic heterocycles. The van der Waals surface area contributed by atoms with Crippen molar-refractivity contribution in [1.29, 1.82) is 0 Å². The summed E-state index contributed by atoms with van der Waals surface area (Å²) in [6, 6.07) is 25.7. The van der Waals surface area contributed by atoms with Crippen LogP contribution in [-0.2, 0) is 0 Å². The van der Waals surface area contributed by atoms with Gasteiger partial charge in [-0.3, -0.25) is 14.4 Å². The van der Waals surface area contributed by atoms with Gasteiger partial charge in [0.15, 0.2) is 28.8 Å². The van der Waals surface area contributed by atoms with Gasteiger partial charge in [-0.2, -0.15) is 0 Å². The lowest BCUT2D eigenvalue weighted by Crippen LogP contribution is -2.48. The van der Waals surface area contributed by atoms with Crippen LogP contribution in [0.4, 0.5) is 5.69 Å². The predicted molar refractivity (Wildman–Crippen MR) is 164 cm³/mol. The quantitative estimate of drug-likeness (QED) is 0.181. The average molecular weight is 620 g/mol. The molecule has 0 saturated carbocycles. The summed E-state index contributed by atoms with van der Waals surface area (Å²) < 4.78 is 12.1. The Morgan fingerprint density at radius 2 is 1.48 bits per heavy atom. The molecule has 0 bridgehead atoms. The number of ether oxygens (including phenoxy) is 2. The zero-order valence-electron chi connectivity index (χ0n) is 22.9. The van der Waals surface area contributed by atoms with Crippen molar-refractivity contribution in [3.05, 3.63) is 129 Å². The van der Waals surface area contributed by atoms with E-state index in [1.54, 1.807) is 62.8 Å². The number of carbonyl (C=O) groups excluding carboxylic acids is 3. The zero-order chi connectivity index (χ0) is 29.2. The van der Waals surface area contributed by atoms with Crippen molar-refractivity contribution in [1.82, 2.24) is 0 Å². The Balaban J connectivity index is 1.56. The molecule has 0 radical (unpaired) electrons. The number of anilines is 1. The van der Waals surface area contributed by atoms with Crippen molar-refractivity contribution in [2.24, 2.45) is 5.41 Å². The van der Waals surface area contributed by atoms with E-state index in [0.29, 0.717) is 33.8 Å². The van der Waals surface area contributed by atoms with Gasteiger partial charge in [0, 0.05) is 32.8 Å². The summed E-state index contributed by atoms with van der Waals surface area (Å²) in [5.74, 6) is -0.576. The molecule has 0 N–H and O–H groups in total. The third-order valence-electron chi connectivity index (χ3n) is 8.86. The van der Waals surface area contributed by atoms with E-state index in [1.165, 1.54) is 0 Å². The molecule has 2 aliphatic heterocycles. The number of ketones is 3. The van der Waals surface area contributed by atoms with E-state index in [4.69, 9.17) is 9.47 Å². The van der Waals surface area contributed by atoms with Crippen molar-refractivity contribution in [2.75, 3.05) is 19.1 Å². The van der Waals surface area contributed by atoms with Gasteiger partial charge >= 0.3 is 0 Å². The van der Waals surface area contributed by atoms with Gasteiger partial charge in [0.1, 0.15) is 11.5 Å². The van der Waals surface area contributed by atoms with Crippen LogP contribution < -0.4 is 14.4 Å². The highest BCUT2D eigenvalue weighted by atomic mass is 79.9. The third-order valence-corrected chi connectivity index (χ3v) is 9.35. The van der Waals surface area contributed by atoms with E-state index in [-0.39, 0.29) is 17.3 Å². The highest BCUT2D eigenvalue weighted by Gasteiger charge is 2.71. The molecule has 4 aromatic rings. The van der Waals surface area contributed by atoms with Gasteiger partial charge in [-0.05, 0) is 41.5 Å². The van der Waals surface area contributed by atoms with Crippen LogP contribution in [0.3, 0.4) is 0 Å².